The van der Waals surface area contributed by atoms with Gasteiger partial charge >= 0.3 is 0 Å². The molecule has 0 radical (unpaired) electrons. The van der Waals surface area contributed by atoms with Gasteiger partial charge in [0.25, 0.3) is 5.91 Å². The third-order valence-corrected chi connectivity index (χ3v) is 4.49. The predicted octanol–water partition coefficient (Wildman–Crippen LogP) is 3.23. The number of amides is 1. The lowest BCUT2D eigenvalue weighted by Gasteiger charge is -2.27. The summed E-state index contributed by atoms with van der Waals surface area (Å²) < 4.78 is 32.4. The van der Waals surface area contributed by atoms with Gasteiger partial charge in [0.1, 0.15) is 17.5 Å². The van der Waals surface area contributed by atoms with Crippen LogP contribution in [0.25, 0.3) is 10.8 Å². The number of fused-ring (bicyclic) bond motifs is 1. The number of anilines is 2. The number of aromatic nitrogens is 1. The smallest absolute Gasteiger partial charge is 0.267 e. The lowest BCUT2D eigenvalue weighted by Crippen LogP contribution is -2.48. The van der Waals surface area contributed by atoms with Crippen LogP contribution in [0, 0.1) is 11.6 Å². The number of ether oxygens (including phenoxy) is 1. The van der Waals surface area contributed by atoms with E-state index in [1.807, 2.05) is 6.07 Å². The number of hydrogen-bond acceptors (Lipinski definition) is 5. The van der Waals surface area contributed by atoms with Crippen LogP contribution >= 0.6 is 0 Å². The van der Waals surface area contributed by atoms with Crippen molar-refractivity contribution >= 4 is 28.2 Å². The van der Waals surface area contributed by atoms with Crippen molar-refractivity contribution in [1.29, 1.82) is 0 Å². The number of nitrogens with one attached hydrogen (secondary N) is 2. The molecule has 0 saturated carbocycles. The molecule has 8 heteroatoms. The van der Waals surface area contributed by atoms with Crippen molar-refractivity contribution in [1.82, 2.24) is 15.4 Å². The van der Waals surface area contributed by atoms with Gasteiger partial charge in [-0.2, -0.15) is 0 Å². The maximum absolute atomic E-state index is 14.0. The van der Waals surface area contributed by atoms with Crippen LogP contribution in [0.1, 0.15) is 10.4 Å². The zero-order valence-corrected chi connectivity index (χ0v) is 14.9. The third kappa shape index (κ3) is 3.78. The molecule has 4 rings (SSSR count). The Bertz CT molecular complexity index is 1020. The van der Waals surface area contributed by atoms with Crippen molar-refractivity contribution < 1.29 is 18.3 Å². The number of halogens is 2. The molecule has 1 amide bonds. The molecule has 1 saturated heterocycles. The van der Waals surface area contributed by atoms with Crippen LogP contribution in [0.4, 0.5) is 20.3 Å². The summed E-state index contributed by atoms with van der Waals surface area (Å²) in [4.78, 5) is 17.0. The van der Waals surface area contributed by atoms with Crippen LogP contribution in [0.3, 0.4) is 0 Å². The molecular formula is C20H18F2N4O2. The summed E-state index contributed by atoms with van der Waals surface area (Å²) in [5, 5.41) is 6.01. The molecule has 0 aliphatic carbocycles. The van der Waals surface area contributed by atoms with Crippen molar-refractivity contribution in [3.8, 4) is 0 Å². The number of rotatable bonds is 4. The van der Waals surface area contributed by atoms with E-state index in [9.17, 15) is 13.6 Å². The SMILES string of the molecule is O=C(NN1CCOCC1)c1cnc(Nc2ccc(F)cc2F)c2ccccc12. The highest BCUT2D eigenvalue weighted by Crippen LogP contribution is 2.28. The number of nitrogens with zero attached hydrogens (tertiary/aromatic N) is 2. The van der Waals surface area contributed by atoms with E-state index >= 15 is 0 Å². The van der Waals surface area contributed by atoms with E-state index in [-0.39, 0.29) is 11.6 Å². The molecule has 1 aliphatic heterocycles. The van der Waals surface area contributed by atoms with E-state index in [4.69, 9.17) is 4.74 Å². The maximum atomic E-state index is 14.0. The molecule has 0 unspecified atom stereocenters. The van der Waals surface area contributed by atoms with E-state index in [0.29, 0.717) is 48.5 Å². The molecule has 1 aromatic heterocycles. The van der Waals surface area contributed by atoms with Gasteiger partial charge in [-0.1, -0.05) is 24.3 Å². The normalized spacial score (nSPS) is 14.8. The molecule has 0 bridgehead atoms. The van der Waals surface area contributed by atoms with Crippen LogP contribution in [0.2, 0.25) is 0 Å². The molecule has 144 valence electrons. The Morgan fingerprint density at radius 3 is 2.57 bits per heavy atom. The lowest BCUT2D eigenvalue weighted by atomic mass is 10.1. The number of carbonyl (C=O) groups is 1. The predicted molar refractivity (Wildman–Crippen MR) is 101 cm³/mol. The fraction of sp³-hybridized carbons (Fsp3) is 0.200. The fourth-order valence-corrected chi connectivity index (χ4v) is 3.07. The quantitative estimate of drug-likeness (QED) is 0.723. The number of pyridine rings is 1. The summed E-state index contributed by atoms with van der Waals surface area (Å²) in [5.41, 5.74) is 3.38. The summed E-state index contributed by atoms with van der Waals surface area (Å²) in [5.74, 6) is -1.27. The van der Waals surface area contributed by atoms with Crippen molar-refractivity contribution in [2.24, 2.45) is 0 Å². The fourth-order valence-electron chi connectivity index (χ4n) is 3.07. The Kier molecular flexibility index (Phi) is 5.14. The summed E-state index contributed by atoms with van der Waals surface area (Å²) in [7, 11) is 0. The Balaban J connectivity index is 1.65. The first-order valence-corrected chi connectivity index (χ1v) is 8.85. The first-order chi connectivity index (χ1) is 13.6. The molecule has 2 N–H and O–H groups in total. The minimum absolute atomic E-state index is 0.101. The van der Waals surface area contributed by atoms with Crippen LogP contribution in [-0.4, -0.2) is 42.2 Å². The van der Waals surface area contributed by atoms with Crippen molar-refractivity contribution in [2.75, 3.05) is 31.6 Å². The highest BCUT2D eigenvalue weighted by atomic mass is 19.1. The van der Waals surface area contributed by atoms with E-state index in [1.54, 1.807) is 23.2 Å². The van der Waals surface area contributed by atoms with Crippen LogP contribution in [-0.2, 0) is 4.74 Å². The molecule has 0 atom stereocenters. The number of benzene rings is 2. The largest absolute Gasteiger partial charge is 0.379 e. The number of hydrogen-bond donors (Lipinski definition) is 2. The topological polar surface area (TPSA) is 66.5 Å². The molecule has 2 aromatic carbocycles. The molecule has 2 heterocycles. The van der Waals surface area contributed by atoms with Gasteiger partial charge < -0.3 is 10.1 Å². The zero-order chi connectivity index (χ0) is 19.5. The van der Waals surface area contributed by atoms with Gasteiger partial charge in [0.05, 0.1) is 24.5 Å². The average molecular weight is 384 g/mol. The number of morpholine rings is 1. The Hall–Kier alpha value is -3.10. The molecule has 1 aliphatic rings. The monoisotopic (exact) mass is 384 g/mol. The van der Waals surface area contributed by atoms with Gasteiger partial charge in [-0.3, -0.25) is 10.2 Å². The molecule has 0 spiro atoms. The standard InChI is InChI=1S/C20H18F2N4O2/c21-13-5-6-18(17(22)11-13)24-19-15-4-2-1-3-14(15)16(12-23-19)20(27)25-26-7-9-28-10-8-26/h1-6,11-12H,7-10H2,(H,23,24)(H,25,27). The van der Waals surface area contributed by atoms with Crippen LogP contribution in [0.5, 0.6) is 0 Å². The molecule has 28 heavy (non-hydrogen) atoms. The highest BCUT2D eigenvalue weighted by Gasteiger charge is 2.18. The van der Waals surface area contributed by atoms with Crippen LogP contribution < -0.4 is 10.7 Å². The Labute approximate surface area is 160 Å². The van der Waals surface area contributed by atoms with Crippen LogP contribution in [0.15, 0.2) is 48.7 Å². The van der Waals surface area contributed by atoms with Gasteiger partial charge in [0, 0.05) is 30.7 Å². The van der Waals surface area contributed by atoms with E-state index < -0.39 is 11.6 Å². The Morgan fingerprint density at radius 1 is 1.07 bits per heavy atom. The molecule has 3 aromatic rings. The Morgan fingerprint density at radius 2 is 1.82 bits per heavy atom. The van der Waals surface area contributed by atoms with Gasteiger partial charge in [-0.05, 0) is 17.5 Å². The van der Waals surface area contributed by atoms with Crippen molar-refractivity contribution in [3.63, 3.8) is 0 Å². The number of hydrazine groups is 1. The minimum Gasteiger partial charge on any atom is -0.379 e. The average Bonchev–Trinajstić information content (AvgIpc) is 2.71. The minimum atomic E-state index is -0.722. The molecule has 6 nitrogen and oxygen atoms in total. The second-order valence-corrected chi connectivity index (χ2v) is 6.36. The first kappa shape index (κ1) is 18.3. The summed E-state index contributed by atoms with van der Waals surface area (Å²) in [6.07, 6.45) is 1.45. The van der Waals surface area contributed by atoms with Crippen molar-refractivity contribution in [3.05, 3.63) is 65.9 Å². The molecule has 1 fully saturated rings. The zero-order valence-electron chi connectivity index (χ0n) is 14.9. The second kappa shape index (κ2) is 7.87. The van der Waals surface area contributed by atoms with E-state index in [0.717, 1.165) is 12.1 Å². The van der Waals surface area contributed by atoms with Gasteiger partial charge in [-0.25, -0.2) is 18.8 Å². The summed E-state index contributed by atoms with van der Waals surface area (Å²) >= 11 is 0. The van der Waals surface area contributed by atoms with E-state index in [2.05, 4.69) is 15.7 Å². The van der Waals surface area contributed by atoms with E-state index in [1.165, 1.54) is 12.3 Å². The highest BCUT2D eigenvalue weighted by molar-refractivity contribution is 6.09. The van der Waals surface area contributed by atoms with Crippen molar-refractivity contribution in [2.45, 2.75) is 0 Å². The van der Waals surface area contributed by atoms with Gasteiger partial charge in [0.15, 0.2) is 0 Å². The van der Waals surface area contributed by atoms with Gasteiger partial charge in [0.2, 0.25) is 0 Å². The van der Waals surface area contributed by atoms with Gasteiger partial charge in [-0.15, -0.1) is 0 Å². The molecular weight excluding hydrogens is 366 g/mol. The first-order valence-electron chi connectivity index (χ1n) is 8.85. The second-order valence-electron chi connectivity index (χ2n) is 6.36. The number of carbonyl (C=O) groups excluding carboxylic acids is 1. The summed E-state index contributed by atoms with van der Waals surface area (Å²) in [6, 6.07) is 10.5. The third-order valence-electron chi connectivity index (χ3n) is 4.49. The summed E-state index contributed by atoms with van der Waals surface area (Å²) in [6.45, 7) is 2.35. The maximum Gasteiger partial charge on any atom is 0.267 e. The lowest BCUT2D eigenvalue weighted by molar-refractivity contribution is 0.0126.